The number of ether oxygens (including phenoxy) is 1. The highest BCUT2D eigenvalue weighted by atomic mass is 35.5. The number of hydrogen-bond donors (Lipinski definition) is 3. The second-order valence-corrected chi connectivity index (χ2v) is 7.32. The first kappa shape index (κ1) is 20.4. The number of amides is 1. The summed E-state index contributed by atoms with van der Waals surface area (Å²) < 4.78 is 18.9. The predicted molar refractivity (Wildman–Crippen MR) is 106 cm³/mol. The summed E-state index contributed by atoms with van der Waals surface area (Å²) in [5, 5.41) is 20.6. The molecule has 0 radical (unpaired) electrons. The van der Waals surface area contributed by atoms with Gasteiger partial charge in [-0.1, -0.05) is 11.6 Å². The van der Waals surface area contributed by atoms with Crippen LogP contribution in [-0.2, 0) is 11.3 Å². The van der Waals surface area contributed by atoms with Crippen molar-refractivity contribution in [2.24, 2.45) is 0 Å². The van der Waals surface area contributed by atoms with Crippen molar-refractivity contribution in [2.45, 2.75) is 25.1 Å². The first-order chi connectivity index (χ1) is 14.4. The maximum Gasteiger partial charge on any atom is 0.272 e. The molecule has 0 bridgehead atoms. The number of aromatic amines is 1. The topological polar surface area (TPSA) is 129 Å². The number of halogens is 2. The van der Waals surface area contributed by atoms with Crippen molar-refractivity contribution in [3.8, 4) is 0 Å². The summed E-state index contributed by atoms with van der Waals surface area (Å²) in [5.74, 6) is -0.614. The van der Waals surface area contributed by atoms with Gasteiger partial charge in [0.2, 0.25) is 0 Å². The van der Waals surface area contributed by atoms with Gasteiger partial charge in [0.05, 0.1) is 30.3 Å². The van der Waals surface area contributed by atoms with Crippen LogP contribution in [0.5, 0.6) is 0 Å². The van der Waals surface area contributed by atoms with Crippen molar-refractivity contribution in [3.63, 3.8) is 0 Å². The third-order valence-electron chi connectivity index (χ3n) is 4.84. The van der Waals surface area contributed by atoms with E-state index in [1.807, 2.05) is 0 Å². The van der Waals surface area contributed by atoms with E-state index >= 15 is 0 Å². The molecule has 3 aromatic heterocycles. The number of aliphatic hydroxyl groups is 1. The van der Waals surface area contributed by atoms with Gasteiger partial charge in [0.15, 0.2) is 5.65 Å². The van der Waals surface area contributed by atoms with Crippen LogP contribution >= 0.6 is 11.6 Å². The monoisotopic (exact) mass is 435 g/mol. The van der Waals surface area contributed by atoms with Crippen LogP contribution in [0, 0.1) is 5.82 Å². The molecule has 0 aliphatic carbocycles. The van der Waals surface area contributed by atoms with E-state index in [0.29, 0.717) is 42.0 Å². The molecule has 30 heavy (non-hydrogen) atoms. The number of nitrogens with zero attached hydrogens (tertiary/aromatic N) is 5. The van der Waals surface area contributed by atoms with Crippen molar-refractivity contribution in [3.05, 3.63) is 40.8 Å². The highest BCUT2D eigenvalue weighted by Gasteiger charge is 2.27. The third-order valence-corrected chi connectivity index (χ3v) is 5.18. The van der Waals surface area contributed by atoms with E-state index in [2.05, 4.69) is 30.5 Å². The predicted octanol–water partition coefficient (Wildman–Crippen LogP) is 1.37. The highest BCUT2D eigenvalue weighted by molar-refractivity contribution is 6.30. The first-order valence-corrected chi connectivity index (χ1v) is 9.58. The second-order valence-electron chi connectivity index (χ2n) is 6.97. The maximum absolute atomic E-state index is 13.5. The minimum atomic E-state index is -0.611. The molecule has 1 amide bonds. The van der Waals surface area contributed by atoms with E-state index < -0.39 is 17.8 Å². The van der Waals surface area contributed by atoms with Gasteiger partial charge in [-0.2, -0.15) is 5.10 Å². The minimum absolute atomic E-state index is 0.0363. The molecule has 4 heterocycles. The van der Waals surface area contributed by atoms with Crippen molar-refractivity contribution >= 4 is 34.4 Å². The summed E-state index contributed by atoms with van der Waals surface area (Å²) in [4.78, 5) is 26.5. The summed E-state index contributed by atoms with van der Waals surface area (Å²) in [5.41, 5.74) is 0.816. The fourth-order valence-electron chi connectivity index (χ4n) is 3.25. The average Bonchev–Trinajstić information content (AvgIpc) is 3.17. The Morgan fingerprint density at radius 1 is 1.47 bits per heavy atom. The Morgan fingerprint density at radius 3 is 3.10 bits per heavy atom. The smallest absolute Gasteiger partial charge is 0.272 e. The highest BCUT2D eigenvalue weighted by Crippen LogP contribution is 2.25. The van der Waals surface area contributed by atoms with E-state index in [-0.39, 0.29) is 23.4 Å². The molecule has 0 saturated carbocycles. The number of aliphatic hydroxyl groups excluding tert-OH is 1. The Labute approximate surface area is 175 Å². The van der Waals surface area contributed by atoms with Gasteiger partial charge < -0.3 is 20.1 Å². The van der Waals surface area contributed by atoms with Crippen LogP contribution in [0.2, 0.25) is 5.15 Å². The molecule has 0 spiro atoms. The molecule has 0 aromatic carbocycles. The Bertz CT molecular complexity index is 1080. The van der Waals surface area contributed by atoms with Gasteiger partial charge in [0, 0.05) is 25.8 Å². The van der Waals surface area contributed by atoms with Gasteiger partial charge in [-0.05, 0) is 12.5 Å². The number of H-pyrrole nitrogens is 1. The van der Waals surface area contributed by atoms with Gasteiger partial charge in [-0.3, -0.25) is 9.89 Å². The SMILES string of the molecule is CN(Cc1cc(F)cnc1Cl)C(=O)c1[nH]nc2ncnc(N[C@@H]3COCC[C@H]3O)c12. The Balaban J connectivity index is 1.62. The molecule has 1 aliphatic rings. The molecule has 1 saturated heterocycles. The van der Waals surface area contributed by atoms with Crippen LogP contribution < -0.4 is 5.32 Å². The fourth-order valence-corrected chi connectivity index (χ4v) is 3.42. The number of aromatic nitrogens is 5. The van der Waals surface area contributed by atoms with Gasteiger partial charge in [-0.15, -0.1) is 0 Å². The van der Waals surface area contributed by atoms with Gasteiger partial charge >= 0.3 is 0 Å². The molecule has 0 unspecified atom stereocenters. The number of carbonyl (C=O) groups excluding carboxylic acids is 1. The summed E-state index contributed by atoms with van der Waals surface area (Å²) in [6, 6.07) is 0.842. The van der Waals surface area contributed by atoms with Crippen molar-refractivity contribution in [1.82, 2.24) is 30.0 Å². The number of rotatable bonds is 5. The molecule has 3 aromatic rings. The van der Waals surface area contributed by atoms with Crippen molar-refractivity contribution in [2.75, 3.05) is 25.6 Å². The fraction of sp³-hybridized carbons (Fsp3) is 0.389. The van der Waals surface area contributed by atoms with Gasteiger partial charge in [0.25, 0.3) is 5.91 Å². The van der Waals surface area contributed by atoms with Crippen LogP contribution in [0.25, 0.3) is 11.0 Å². The number of carbonyl (C=O) groups is 1. The molecule has 10 nitrogen and oxygen atoms in total. The molecule has 1 aliphatic heterocycles. The zero-order valence-corrected chi connectivity index (χ0v) is 16.7. The second kappa shape index (κ2) is 8.46. The maximum atomic E-state index is 13.5. The molecular formula is C18H19ClFN7O3. The van der Waals surface area contributed by atoms with Crippen LogP contribution in [0.1, 0.15) is 22.5 Å². The Morgan fingerprint density at radius 2 is 2.30 bits per heavy atom. The van der Waals surface area contributed by atoms with Crippen LogP contribution in [0.4, 0.5) is 10.2 Å². The minimum Gasteiger partial charge on any atom is -0.391 e. The lowest BCUT2D eigenvalue weighted by Crippen LogP contribution is -2.42. The van der Waals surface area contributed by atoms with Crippen LogP contribution in [-0.4, -0.2) is 73.5 Å². The van der Waals surface area contributed by atoms with E-state index in [9.17, 15) is 14.3 Å². The quantitative estimate of drug-likeness (QED) is 0.512. The Kier molecular flexibility index (Phi) is 5.75. The molecule has 3 N–H and O–H groups in total. The summed E-state index contributed by atoms with van der Waals surface area (Å²) >= 11 is 6.01. The number of fused-ring (bicyclic) bond motifs is 1. The van der Waals surface area contributed by atoms with E-state index in [4.69, 9.17) is 16.3 Å². The molecule has 158 valence electrons. The molecule has 12 heteroatoms. The van der Waals surface area contributed by atoms with E-state index in [1.54, 1.807) is 7.05 Å². The standard InChI is InChI=1S/C18H19ClFN7O3/c1-27(6-9-4-10(20)5-21-15(9)19)18(29)14-13-16(22-8-23-17(13)26-25-14)24-11-7-30-3-2-12(11)28/h4-5,8,11-12,28H,2-3,6-7H2,1H3,(H2,22,23,24,25,26)/t11-,12-/m1/s1. The molecule has 4 rings (SSSR count). The number of hydrogen-bond acceptors (Lipinski definition) is 8. The lowest BCUT2D eigenvalue weighted by Gasteiger charge is -2.29. The summed E-state index contributed by atoms with van der Waals surface area (Å²) in [7, 11) is 1.55. The van der Waals surface area contributed by atoms with E-state index in [0.717, 1.165) is 6.20 Å². The molecular weight excluding hydrogens is 417 g/mol. The zero-order valence-electron chi connectivity index (χ0n) is 16.0. The largest absolute Gasteiger partial charge is 0.391 e. The zero-order chi connectivity index (χ0) is 21.3. The normalized spacial score (nSPS) is 19.1. The summed E-state index contributed by atoms with van der Waals surface area (Å²) in [6.07, 6.45) is 2.21. The van der Waals surface area contributed by atoms with Crippen LogP contribution in [0.3, 0.4) is 0 Å². The van der Waals surface area contributed by atoms with E-state index in [1.165, 1.54) is 17.3 Å². The van der Waals surface area contributed by atoms with Gasteiger partial charge in [-0.25, -0.2) is 19.3 Å². The summed E-state index contributed by atoms with van der Waals surface area (Å²) in [6.45, 7) is 0.823. The average molecular weight is 436 g/mol. The number of nitrogens with one attached hydrogen (secondary N) is 2. The lowest BCUT2D eigenvalue weighted by molar-refractivity contribution is 0.00308. The van der Waals surface area contributed by atoms with Gasteiger partial charge in [0.1, 0.15) is 28.8 Å². The first-order valence-electron chi connectivity index (χ1n) is 9.21. The van der Waals surface area contributed by atoms with Crippen molar-refractivity contribution < 1.29 is 19.0 Å². The van der Waals surface area contributed by atoms with Crippen LogP contribution in [0.15, 0.2) is 18.6 Å². The lowest BCUT2D eigenvalue weighted by atomic mass is 10.1. The number of pyridine rings is 1. The molecule has 2 atom stereocenters. The number of anilines is 1. The Hall–Kier alpha value is -2.89. The van der Waals surface area contributed by atoms with Crippen molar-refractivity contribution in [1.29, 1.82) is 0 Å². The third kappa shape index (κ3) is 4.04. The molecule has 1 fully saturated rings.